The summed E-state index contributed by atoms with van der Waals surface area (Å²) in [4.78, 5) is 0. The fourth-order valence-corrected chi connectivity index (χ4v) is 1.56. The third kappa shape index (κ3) is 2.65. The molecule has 4 heteroatoms. The van der Waals surface area contributed by atoms with Gasteiger partial charge >= 0.3 is 6.18 Å². The highest BCUT2D eigenvalue weighted by atomic mass is 35.5. The predicted molar refractivity (Wildman–Crippen MR) is 55.3 cm³/mol. The van der Waals surface area contributed by atoms with Gasteiger partial charge in [0.15, 0.2) is 0 Å². The molecular formula is C11H12ClF3. The van der Waals surface area contributed by atoms with Crippen molar-refractivity contribution in [3.63, 3.8) is 0 Å². The van der Waals surface area contributed by atoms with Gasteiger partial charge in [-0.15, -0.1) is 0 Å². The molecule has 15 heavy (non-hydrogen) atoms. The average Bonchev–Trinajstić information content (AvgIpc) is 2.06. The standard InChI is InChI=1S/C11H12ClF3/c1-6(2)8-4-9(11(13,14)15)7(3)10(12)5-8/h4-6H,1-3H3. The lowest BCUT2D eigenvalue weighted by Gasteiger charge is -2.15. The molecule has 0 heterocycles. The normalized spacial score (nSPS) is 12.3. The van der Waals surface area contributed by atoms with Crippen LogP contribution >= 0.6 is 11.6 Å². The van der Waals surface area contributed by atoms with Crippen LogP contribution in [0.4, 0.5) is 13.2 Å². The quantitative estimate of drug-likeness (QED) is 0.658. The van der Waals surface area contributed by atoms with Gasteiger partial charge in [0, 0.05) is 5.02 Å². The fraction of sp³-hybridized carbons (Fsp3) is 0.455. The van der Waals surface area contributed by atoms with Crippen LogP contribution in [0, 0.1) is 6.92 Å². The topological polar surface area (TPSA) is 0 Å². The molecule has 1 aromatic rings. The molecule has 0 saturated heterocycles. The van der Waals surface area contributed by atoms with Crippen LogP contribution < -0.4 is 0 Å². The van der Waals surface area contributed by atoms with E-state index < -0.39 is 11.7 Å². The first kappa shape index (κ1) is 12.4. The summed E-state index contributed by atoms with van der Waals surface area (Å²) in [6.07, 6.45) is -4.33. The average molecular weight is 237 g/mol. The number of hydrogen-bond acceptors (Lipinski definition) is 0. The highest BCUT2D eigenvalue weighted by molar-refractivity contribution is 6.31. The van der Waals surface area contributed by atoms with E-state index in [1.165, 1.54) is 13.0 Å². The highest BCUT2D eigenvalue weighted by Gasteiger charge is 2.33. The van der Waals surface area contributed by atoms with Crippen molar-refractivity contribution in [1.29, 1.82) is 0 Å². The van der Waals surface area contributed by atoms with Crippen LogP contribution in [0.25, 0.3) is 0 Å². The molecule has 0 atom stereocenters. The Labute approximate surface area is 92.1 Å². The van der Waals surface area contributed by atoms with Crippen molar-refractivity contribution >= 4 is 11.6 Å². The minimum atomic E-state index is -4.33. The Bertz CT molecular complexity index is 367. The number of alkyl halides is 3. The summed E-state index contributed by atoms with van der Waals surface area (Å²) >= 11 is 5.77. The van der Waals surface area contributed by atoms with Gasteiger partial charge in [-0.05, 0) is 36.1 Å². The van der Waals surface area contributed by atoms with Gasteiger partial charge in [0.2, 0.25) is 0 Å². The monoisotopic (exact) mass is 236 g/mol. The zero-order valence-electron chi connectivity index (χ0n) is 8.74. The van der Waals surface area contributed by atoms with Crippen molar-refractivity contribution in [3.05, 3.63) is 33.8 Å². The van der Waals surface area contributed by atoms with Gasteiger partial charge in [0.1, 0.15) is 0 Å². The molecule has 1 rings (SSSR count). The van der Waals surface area contributed by atoms with Crippen LogP contribution in [0.15, 0.2) is 12.1 Å². The maximum atomic E-state index is 12.6. The molecule has 0 nitrogen and oxygen atoms in total. The van der Waals surface area contributed by atoms with E-state index in [1.807, 2.05) is 13.8 Å². The molecule has 0 aliphatic rings. The molecule has 0 fully saturated rings. The molecule has 0 bridgehead atoms. The number of hydrogen-bond donors (Lipinski definition) is 0. The molecule has 0 aliphatic carbocycles. The Morgan fingerprint density at radius 3 is 2.13 bits per heavy atom. The molecule has 0 radical (unpaired) electrons. The van der Waals surface area contributed by atoms with Gasteiger partial charge in [-0.1, -0.05) is 25.4 Å². The first-order chi connectivity index (χ1) is 6.73. The summed E-state index contributed by atoms with van der Waals surface area (Å²) < 4.78 is 37.8. The summed E-state index contributed by atoms with van der Waals surface area (Å²) in [5.41, 5.74) is 0.0604. The maximum Gasteiger partial charge on any atom is 0.416 e. The van der Waals surface area contributed by atoms with Crippen LogP contribution in [-0.2, 0) is 6.18 Å². The van der Waals surface area contributed by atoms with Crippen LogP contribution in [-0.4, -0.2) is 0 Å². The van der Waals surface area contributed by atoms with E-state index in [9.17, 15) is 13.2 Å². The molecule has 0 unspecified atom stereocenters. The van der Waals surface area contributed by atoms with Gasteiger partial charge in [0.25, 0.3) is 0 Å². The smallest absolute Gasteiger partial charge is 0.166 e. The van der Waals surface area contributed by atoms with Crippen molar-refractivity contribution in [1.82, 2.24) is 0 Å². The second-order valence-corrected chi connectivity index (χ2v) is 4.23. The first-order valence-corrected chi connectivity index (χ1v) is 4.98. The van der Waals surface area contributed by atoms with E-state index >= 15 is 0 Å². The molecule has 84 valence electrons. The Morgan fingerprint density at radius 2 is 1.73 bits per heavy atom. The summed E-state index contributed by atoms with van der Waals surface area (Å²) in [5.74, 6) is 0.0317. The Balaban J connectivity index is 3.38. The maximum absolute atomic E-state index is 12.6. The summed E-state index contributed by atoms with van der Waals surface area (Å²) in [6.45, 7) is 5.05. The molecule has 0 saturated carbocycles. The molecule has 0 spiro atoms. The minimum absolute atomic E-state index is 0.0317. The molecule has 0 amide bonds. The van der Waals surface area contributed by atoms with E-state index in [0.717, 1.165) is 0 Å². The second kappa shape index (κ2) is 4.05. The first-order valence-electron chi connectivity index (χ1n) is 4.60. The van der Waals surface area contributed by atoms with E-state index in [0.29, 0.717) is 5.56 Å². The van der Waals surface area contributed by atoms with Crippen LogP contribution in [0.2, 0.25) is 5.02 Å². The zero-order chi connectivity index (χ0) is 11.8. The summed E-state index contributed by atoms with van der Waals surface area (Å²) in [5, 5.41) is 0.175. The van der Waals surface area contributed by atoms with Crippen molar-refractivity contribution in [2.75, 3.05) is 0 Å². The van der Waals surface area contributed by atoms with E-state index in [-0.39, 0.29) is 16.5 Å². The van der Waals surface area contributed by atoms with Crippen molar-refractivity contribution in [3.8, 4) is 0 Å². The third-order valence-electron chi connectivity index (χ3n) is 2.34. The zero-order valence-corrected chi connectivity index (χ0v) is 9.50. The number of benzene rings is 1. The van der Waals surface area contributed by atoms with Crippen LogP contribution in [0.1, 0.15) is 36.5 Å². The largest absolute Gasteiger partial charge is 0.416 e. The summed E-state index contributed by atoms with van der Waals surface area (Å²) in [7, 11) is 0. The van der Waals surface area contributed by atoms with Crippen LogP contribution in [0.3, 0.4) is 0 Å². The van der Waals surface area contributed by atoms with E-state index in [1.54, 1.807) is 6.07 Å². The molecular weight excluding hydrogens is 225 g/mol. The Morgan fingerprint density at radius 1 is 1.20 bits per heavy atom. The predicted octanol–water partition coefficient (Wildman–Crippen LogP) is 4.79. The van der Waals surface area contributed by atoms with Gasteiger partial charge in [-0.3, -0.25) is 0 Å². The Hall–Kier alpha value is -0.700. The van der Waals surface area contributed by atoms with E-state index in [2.05, 4.69) is 0 Å². The minimum Gasteiger partial charge on any atom is -0.166 e. The fourth-order valence-electron chi connectivity index (χ4n) is 1.33. The van der Waals surface area contributed by atoms with Crippen molar-refractivity contribution in [2.45, 2.75) is 32.9 Å². The molecule has 1 aromatic carbocycles. The SMILES string of the molecule is Cc1c(Cl)cc(C(C)C)cc1C(F)(F)F. The second-order valence-electron chi connectivity index (χ2n) is 3.83. The van der Waals surface area contributed by atoms with Crippen molar-refractivity contribution in [2.24, 2.45) is 0 Å². The lowest BCUT2D eigenvalue weighted by molar-refractivity contribution is -0.138. The lowest BCUT2D eigenvalue weighted by Crippen LogP contribution is -2.09. The van der Waals surface area contributed by atoms with Gasteiger partial charge in [-0.2, -0.15) is 13.2 Å². The van der Waals surface area contributed by atoms with Gasteiger partial charge in [0.05, 0.1) is 5.56 Å². The lowest BCUT2D eigenvalue weighted by atomic mass is 9.97. The highest BCUT2D eigenvalue weighted by Crippen LogP contribution is 2.36. The Kier molecular flexibility index (Phi) is 3.34. The number of rotatable bonds is 1. The molecule has 0 aliphatic heterocycles. The van der Waals surface area contributed by atoms with Gasteiger partial charge < -0.3 is 0 Å². The van der Waals surface area contributed by atoms with Gasteiger partial charge in [-0.25, -0.2) is 0 Å². The summed E-state index contributed by atoms with van der Waals surface area (Å²) in [6, 6.07) is 2.77. The molecule has 0 N–H and O–H groups in total. The number of halogens is 4. The molecule has 0 aromatic heterocycles. The van der Waals surface area contributed by atoms with Crippen LogP contribution in [0.5, 0.6) is 0 Å². The third-order valence-corrected chi connectivity index (χ3v) is 2.73. The van der Waals surface area contributed by atoms with Crippen molar-refractivity contribution < 1.29 is 13.2 Å². The van der Waals surface area contributed by atoms with E-state index in [4.69, 9.17) is 11.6 Å².